The Bertz CT molecular complexity index is 1040. The first-order valence-electron chi connectivity index (χ1n) is 7.46. The second-order valence-electron chi connectivity index (χ2n) is 5.33. The van der Waals surface area contributed by atoms with E-state index in [0.29, 0.717) is 5.56 Å². The molecule has 26 heavy (non-hydrogen) atoms. The summed E-state index contributed by atoms with van der Waals surface area (Å²) in [6.45, 7) is 0. The highest BCUT2D eigenvalue weighted by Gasteiger charge is 2.21. The Morgan fingerprint density at radius 1 is 0.769 bits per heavy atom. The summed E-state index contributed by atoms with van der Waals surface area (Å²) in [6.07, 6.45) is 0. The van der Waals surface area contributed by atoms with E-state index in [1.807, 2.05) is 0 Å². The molecular weight excluding hydrogens is 362 g/mol. The average Bonchev–Trinajstić information content (AvgIpc) is 2.62. The number of carbonyl (C=O) groups is 1. The number of carbonyl (C=O) groups excluding carboxylic acids is 1. The zero-order valence-electron chi connectivity index (χ0n) is 13.2. The fraction of sp³-hybridized carbons (Fsp3) is 0. The fourth-order valence-electron chi connectivity index (χ4n) is 2.25. The van der Waals surface area contributed by atoms with Gasteiger partial charge in [0.05, 0.1) is 0 Å². The molecule has 0 bridgehead atoms. The normalized spacial score (nSPS) is 11.2. The summed E-state index contributed by atoms with van der Waals surface area (Å²) in [7, 11) is -4.34. The van der Waals surface area contributed by atoms with Gasteiger partial charge < -0.3 is 4.18 Å². The minimum atomic E-state index is -4.34. The Labute approximate surface area is 148 Å². The molecule has 0 unspecified atom stereocenters. The summed E-state index contributed by atoms with van der Waals surface area (Å²) in [5, 5.41) is 0. The molecule has 0 amide bonds. The van der Waals surface area contributed by atoms with Gasteiger partial charge in [0, 0.05) is 11.1 Å². The van der Waals surface area contributed by atoms with Crippen LogP contribution in [0.25, 0.3) is 0 Å². The zero-order chi connectivity index (χ0) is 18.7. The van der Waals surface area contributed by atoms with Gasteiger partial charge >= 0.3 is 10.1 Å². The van der Waals surface area contributed by atoms with E-state index in [1.54, 1.807) is 0 Å². The third kappa shape index (κ3) is 3.78. The Kier molecular flexibility index (Phi) is 4.81. The molecule has 3 aromatic carbocycles. The van der Waals surface area contributed by atoms with Crippen molar-refractivity contribution < 1.29 is 26.2 Å². The Balaban J connectivity index is 1.81. The van der Waals surface area contributed by atoms with Crippen LogP contribution >= 0.6 is 0 Å². The first-order valence-corrected chi connectivity index (χ1v) is 8.87. The van der Waals surface area contributed by atoms with Crippen LogP contribution in [0.4, 0.5) is 8.78 Å². The van der Waals surface area contributed by atoms with Gasteiger partial charge in [0.15, 0.2) is 5.78 Å². The van der Waals surface area contributed by atoms with E-state index >= 15 is 0 Å². The number of ketones is 1. The molecule has 7 heteroatoms. The maximum absolute atomic E-state index is 13.6. The minimum Gasteiger partial charge on any atom is -0.379 e. The van der Waals surface area contributed by atoms with E-state index in [0.717, 1.165) is 12.1 Å². The third-order valence-electron chi connectivity index (χ3n) is 3.53. The van der Waals surface area contributed by atoms with E-state index < -0.39 is 26.6 Å². The van der Waals surface area contributed by atoms with E-state index in [2.05, 4.69) is 0 Å². The number of hydrogen-bond donors (Lipinski definition) is 0. The molecule has 132 valence electrons. The van der Waals surface area contributed by atoms with Crippen molar-refractivity contribution in [2.45, 2.75) is 4.90 Å². The molecule has 0 fully saturated rings. The van der Waals surface area contributed by atoms with Crippen LogP contribution < -0.4 is 4.18 Å². The molecule has 3 aromatic rings. The fourth-order valence-corrected chi connectivity index (χ4v) is 3.26. The molecule has 0 saturated carbocycles. The molecular formula is C19H12F2O4S. The first-order chi connectivity index (χ1) is 12.4. The third-order valence-corrected chi connectivity index (χ3v) is 4.82. The van der Waals surface area contributed by atoms with E-state index in [4.69, 9.17) is 4.18 Å². The summed E-state index contributed by atoms with van der Waals surface area (Å²) in [4.78, 5) is 11.7. The molecule has 0 aliphatic carbocycles. The summed E-state index contributed by atoms with van der Waals surface area (Å²) in [5.74, 6) is -1.79. The van der Waals surface area contributed by atoms with Gasteiger partial charge in [0.2, 0.25) is 0 Å². The molecule has 0 heterocycles. The second kappa shape index (κ2) is 7.05. The molecule has 0 aromatic heterocycles. The highest BCUT2D eigenvalue weighted by atomic mass is 32.2. The largest absolute Gasteiger partial charge is 0.379 e. The van der Waals surface area contributed by atoms with E-state index in [-0.39, 0.29) is 17.1 Å². The molecule has 0 aliphatic heterocycles. The van der Waals surface area contributed by atoms with Crippen LogP contribution in [0.2, 0.25) is 0 Å². The standard InChI is InChI=1S/C19H12F2O4S/c20-15-9-5-13(6-10-15)19(22)14-7-11-16(12-8-14)25-26(23,24)18-4-2-1-3-17(18)21/h1-12H. The molecule has 0 radical (unpaired) electrons. The van der Waals surface area contributed by atoms with Gasteiger partial charge in [-0.25, -0.2) is 8.78 Å². The topological polar surface area (TPSA) is 60.4 Å². The van der Waals surface area contributed by atoms with E-state index in [1.165, 1.54) is 60.7 Å². The Morgan fingerprint density at radius 3 is 1.88 bits per heavy atom. The highest BCUT2D eigenvalue weighted by molar-refractivity contribution is 7.87. The predicted octanol–water partition coefficient (Wildman–Crippen LogP) is 3.96. The van der Waals surface area contributed by atoms with Crippen molar-refractivity contribution in [1.29, 1.82) is 0 Å². The van der Waals surface area contributed by atoms with Crippen LogP contribution in [0.1, 0.15) is 15.9 Å². The predicted molar refractivity (Wildman–Crippen MR) is 90.5 cm³/mol. The van der Waals surface area contributed by atoms with Crippen LogP contribution in [0, 0.1) is 11.6 Å². The zero-order valence-corrected chi connectivity index (χ0v) is 14.0. The van der Waals surface area contributed by atoms with Gasteiger partial charge in [-0.2, -0.15) is 8.42 Å². The smallest absolute Gasteiger partial charge is 0.342 e. The number of benzene rings is 3. The van der Waals surface area contributed by atoms with Crippen molar-refractivity contribution in [2.75, 3.05) is 0 Å². The molecule has 3 rings (SSSR count). The van der Waals surface area contributed by atoms with Crippen molar-refractivity contribution in [3.63, 3.8) is 0 Å². The van der Waals surface area contributed by atoms with Crippen molar-refractivity contribution in [3.8, 4) is 5.75 Å². The van der Waals surface area contributed by atoms with Crippen LogP contribution in [0.5, 0.6) is 5.75 Å². The lowest BCUT2D eigenvalue weighted by molar-refractivity contribution is 0.103. The van der Waals surface area contributed by atoms with Gasteiger partial charge in [0.1, 0.15) is 22.3 Å². The van der Waals surface area contributed by atoms with Crippen molar-refractivity contribution in [2.24, 2.45) is 0 Å². The highest BCUT2D eigenvalue weighted by Crippen LogP contribution is 2.22. The summed E-state index contributed by atoms with van der Waals surface area (Å²) < 4.78 is 55.7. The molecule has 0 saturated heterocycles. The number of hydrogen-bond acceptors (Lipinski definition) is 4. The SMILES string of the molecule is O=C(c1ccc(F)cc1)c1ccc(OS(=O)(=O)c2ccccc2F)cc1. The molecule has 0 spiro atoms. The van der Waals surface area contributed by atoms with Crippen molar-refractivity contribution in [3.05, 3.63) is 95.6 Å². The summed E-state index contributed by atoms with van der Waals surface area (Å²) in [5.41, 5.74) is 0.561. The van der Waals surface area contributed by atoms with Crippen molar-refractivity contribution in [1.82, 2.24) is 0 Å². The van der Waals surface area contributed by atoms with Crippen LogP contribution in [-0.4, -0.2) is 14.2 Å². The van der Waals surface area contributed by atoms with Gasteiger partial charge in [-0.1, -0.05) is 12.1 Å². The van der Waals surface area contributed by atoms with Gasteiger partial charge in [-0.15, -0.1) is 0 Å². The monoisotopic (exact) mass is 374 g/mol. The quantitative estimate of drug-likeness (QED) is 0.501. The van der Waals surface area contributed by atoms with Gasteiger partial charge in [-0.3, -0.25) is 4.79 Å². The Morgan fingerprint density at radius 2 is 1.31 bits per heavy atom. The minimum absolute atomic E-state index is 0.0658. The lowest BCUT2D eigenvalue weighted by Crippen LogP contribution is -2.11. The van der Waals surface area contributed by atoms with E-state index in [9.17, 15) is 22.0 Å². The second-order valence-corrected chi connectivity index (χ2v) is 6.84. The molecule has 0 atom stereocenters. The van der Waals surface area contributed by atoms with Gasteiger partial charge in [-0.05, 0) is 60.7 Å². The van der Waals surface area contributed by atoms with Crippen LogP contribution in [0.15, 0.2) is 77.7 Å². The average molecular weight is 374 g/mol. The summed E-state index contributed by atoms with van der Waals surface area (Å²) in [6, 6.07) is 15.2. The van der Waals surface area contributed by atoms with Crippen LogP contribution in [-0.2, 0) is 10.1 Å². The number of rotatable bonds is 5. The lowest BCUT2D eigenvalue weighted by Gasteiger charge is -2.08. The lowest BCUT2D eigenvalue weighted by atomic mass is 10.0. The van der Waals surface area contributed by atoms with Gasteiger partial charge in [0.25, 0.3) is 0 Å². The maximum Gasteiger partial charge on any atom is 0.342 e. The summed E-state index contributed by atoms with van der Waals surface area (Å²) >= 11 is 0. The first kappa shape index (κ1) is 17.8. The maximum atomic E-state index is 13.6. The molecule has 0 N–H and O–H groups in total. The molecule has 4 nitrogen and oxygen atoms in total. The number of halogens is 2. The van der Waals surface area contributed by atoms with Crippen molar-refractivity contribution >= 4 is 15.9 Å². The molecule has 0 aliphatic rings. The Hall–Kier alpha value is -3.06. The van der Waals surface area contributed by atoms with Crippen LogP contribution in [0.3, 0.4) is 0 Å².